The van der Waals surface area contributed by atoms with Gasteiger partial charge in [-0.2, -0.15) is 5.10 Å². The first kappa shape index (κ1) is 20.8. The van der Waals surface area contributed by atoms with E-state index in [1.54, 1.807) is 30.3 Å². The summed E-state index contributed by atoms with van der Waals surface area (Å²) in [5, 5.41) is 10.4. The number of aromatic nitrogens is 2. The summed E-state index contributed by atoms with van der Waals surface area (Å²) in [4.78, 5) is 35.5. The van der Waals surface area contributed by atoms with E-state index in [9.17, 15) is 14.4 Å². The van der Waals surface area contributed by atoms with Gasteiger partial charge in [-0.05, 0) is 43.7 Å². The number of carbonyl (C=O) groups excluding carboxylic acids is 3. The van der Waals surface area contributed by atoms with Crippen LogP contribution in [0.25, 0.3) is 23.1 Å². The average Bonchev–Trinajstić information content (AvgIpc) is 3.14. The molecule has 0 fully saturated rings. The molecule has 1 aromatic heterocycles. The van der Waals surface area contributed by atoms with Crippen molar-refractivity contribution in [2.45, 2.75) is 19.9 Å². The molecule has 154 valence electrons. The number of fused-ring (bicyclic) bond motifs is 1. The summed E-state index contributed by atoms with van der Waals surface area (Å²) in [6.45, 7) is 3.02. The molecule has 0 bridgehead atoms. The lowest BCUT2D eigenvalue weighted by atomic mass is 10.1. The Morgan fingerprint density at radius 2 is 1.97 bits per heavy atom. The second-order valence-corrected chi connectivity index (χ2v) is 6.79. The number of carbonyl (C=O) groups is 3. The third-order valence-electron chi connectivity index (χ3n) is 4.66. The number of aromatic amines is 1. The molecule has 2 amide bonds. The summed E-state index contributed by atoms with van der Waals surface area (Å²) < 4.78 is 5.51. The van der Waals surface area contributed by atoms with Gasteiger partial charge >= 0.3 is 0 Å². The first-order chi connectivity index (χ1) is 14.3. The summed E-state index contributed by atoms with van der Waals surface area (Å²) in [7, 11) is 1.46. The zero-order valence-corrected chi connectivity index (χ0v) is 16.9. The lowest BCUT2D eigenvalue weighted by molar-refractivity contribution is -0.119. The van der Waals surface area contributed by atoms with Gasteiger partial charge in [0.25, 0.3) is 5.91 Å². The van der Waals surface area contributed by atoms with Crippen LogP contribution in [0.1, 0.15) is 45.8 Å². The van der Waals surface area contributed by atoms with E-state index in [1.165, 1.54) is 21.0 Å². The largest absolute Gasteiger partial charge is 0.495 e. The number of benzene rings is 2. The predicted octanol–water partition coefficient (Wildman–Crippen LogP) is 2.55. The number of nitrogens with one attached hydrogen (secondary N) is 2. The van der Waals surface area contributed by atoms with Crippen molar-refractivity contribution in [3.63, 3.8) is 0 Å². The van der Waals surface area contributed by atoms with Crippen LogP contribution in [0.2, 0.25) is 0 Å². The highest BCUT2D eigenvalue weighted by Gasteiger charge is 2.21. The maximum Gasteiger partial charge on any atom is 0.255 e. The van der Waals surface area contributed by atoms with Gasteiger partial charge in [-0.1, -0.05) is 24.3 Å². The number of ether oxygens (including phenoxy) is 1. The van der Waals surface area contributed by atoms with Crippen LogP contribution in [0.5, 0.6) is 5.75 Å². The van der Waals surface area contributed by atoms with Crippen molar-refractivity contribution in [2.24, 2.45) is 5.73 Å². The molecule has 2 aromatic carbocycles. The number of hydrogen-bond donors (Lipinski definition) is 3. The number of rotatable bonds is 7. The molecule has 0 aliphatic heterocycles. The van der Waals surface area contributed by atoms with Crippen molar-refractivity contribution in [1.82, 2.24) is 15.5 Å². The van der Waals surface area contributed by atoms with Gasteiger partial charge < -0.3 is 15.8 Å². The van der Waals surface area contributed by atoms with Crippen LogP contribution < -0.4 is 15.8 Å². The number of ketones is 1. The molecule has 1 unspecified atom stereocenters. The van der Waals surface area contributed by atoms with E-state index in [1.807, 2.05) is 18.2 Å². The zero-order valence-electron chi connectivity index (χ0n) is 16.9. The van der Waals surface area contributed by atoms with Gasteiger partial charge in [0.05, 0.1) is 29.3 Å². The maximum absolute atomic E-state index is 12.6. The minimum atomic E-state index is -0.824. The first-order valence-corrected chi connectivity index (χ1v) is 9.26. The highest BCUT2D eigenvalue weighted by Crippen LogP contribution is 2.32. The second-order valence-electron chi connectivity index (χ2n) is 6.79. The van der Waals surface area contributed by atoms with Gasteiger partial charge in [-0.25, -0.2) is 0 Å². The molecule has 0 aliphatic rings. The topological polar surface area (TPSA) is 127 Å². The summed E-state index contributed by atoms with van der Waals surface area (Å²) >= 11 is 0. The van der Waals surface area contributed by atoms with Crippen molar-refractivity contribution in [1.29, 1.82) is 0 Å². The van der Waals surface area contributed by atoms with Crippen molar-refractivity contribution in [3.05, 3.63) is 58.8 Å². The van der Waals surface area contributed by atoms with Gasteiger partial charge in [0, 0.05) is 5.56 Å². The Labute approximate surface area is 173 Å². The van der Waals surface area contributed by atoms with E-state index in [2.05, 4.69) is 15.5 Å². The molecular weight excluding hydrogens is 384 g/mol. The normalized spacial score (nSPS) is 12.1. The molecule has 8 heteroatoms. The van der Waals surface area contributed by atoms with Crippen LogP contribution in [0.4, 0.5) is 0 Å². The summed E-state index contributed by atoms with van der Waals surface area (Å²) in [5.74, 6) is -0.806. The molecule has 0 radical (unpaired) electrons. The highest BCUT2D eigenvalue weighted by molar-refractivity contribution is 6.06. The van der Waals surface area contributed by atoms with Gasteiger partial charge in [0.1, 0.15) is 11.8 Å². The van der Waals surface area contributed by atoms with Gasteiger partial charge in [0.15, 0.2) is 5.78 Å². The standard InChI is InChI=1S/C22H22N4O4/c1-12(21(23)28)24-22(29)16-8-10-18-19(20(16)30-3)17(25-26-18)9-7-14-5-4-6-15(11-14)13(2)27/h4-12H,1-3H3,(H2,23,28)(H,24,29)(H,25,26). The number of nitrogens with two attached hydrogens (primary N) is 1. The van der Waals surface area contributed by atoms with Crippen molar-refractivity contribution in [3.8, 4) is 5.75 Å². The van der Waals surface area contributed by atoms with E-state index < -0.39 is 17.9 Å². The second kappa shape index (κ2) is 8.60. The zero-order chi connectivity index (χ0) is 21.8. The van der Waals surface area contributed by atoms with E-state index in [-0.39, 0.29) is 11.3 Å². The number of H-pyrrole nitrogens is 1. The van der Waals surface area contributed by atoms with Crippen LogP contribution in [0, 0.1) is 0 Å². The van der Waals surface area contributed by atoms with Gasteiger partial charge in [-0.15, -0.1) is 0 Å². The van der Waals surface area contributed by atoms with Gasteiger partial charge in [0.2, 0.25) is 5.91 Å². The molecule has 4 N–H and O–H groups in total. The Kier molecular flexibility index (Phi) is 5.96. The number of Topliss-reactive ketones (excluding diaryl/α,β-unsaturated/α-hetero) is 1. The predicted molar refractivity (Wildman–Crippen MR) is 114 cm³/mol. The van der Waals surface area contributed by atoms with Crippen molar-refractivity contribution < 1.29 is 19.1 Å². The number of nitrogens with zero attached hydrogens (tertiary/aromatic N) is 1. The number of methoxy groups -OCH3 is 1. The lowest BCUT2D eigenvalue weighted by Gasteiger charge is -2.13. The van der Waals surface area contributed by atoms with Crippen LogP contribution in [0.15, 0.2) is 36.4 Å². The Bertz CT molecular complexity index is 1160. The van der Waals surface area contributed by atoms with Crippen LogP contribution in [-0.2, 0) is 4.79 Å². The van der Waals surface area contributed by atoms with E-state index in [4.69, 9.17) is 10.5 Å². The molecule has 3 rings (SSSR count). The summed E-state index contributed by atoms with van der Waals surface area (Å²) in [6.07, 6.45) is 3.59. The molecule has 8 nitrogen and oxygen atoms in total. The SMILES string of the molecule is COc1c(C(=O)NC(C)C(N)=O)ccc2[nH]nc(C=Cc3cccc(C(C)=O)c3)c12. The van der Waals surface area contributed by atoms with E-state index in [0.717, 1.165) is 5.56 Å². The smallest absolute Gasteiger partial charge is 0.255 e. The van der Waals surface area contributed by atoms with E-state index >= 15 is 0 Å². The van der Waals surface area contributed by atoms with Crippen molar-refractivity contribution in [2.75, 3.05) is 7.11 Å². The number of hydrogen-bond acceptors (Lipinski definition) is 5. The van der Waals surface area contributed by atoms with Crippen LogP contribution in [-0.4, -0.2) is 40.9 Å². The molecule has 30 heavy (non-hydrogen) atoms. The first-order valence-electron chi connectivity index (χ1n) is 9.26. The fraction of sp³-hybridized carbons (Fsp3) is 0.182. The molecule has 0 saturated carbocycles. The van der Waals surface area contributed by atoms with Gasteiger partial charge in [-0.3, -0.25) is 19.5 Å². The Morgan fingerprint density at radius 3 is 2.63 bits per heavy atom. The monoisotopic (exact) mass is 406 g/mol. The third-order valence-corrected chi connectivity index (χ3v) is 4.66. The molecule has 1 atom stereocenters. The summed E-state index contributed by atoms with van der Waals surface area (Å²) in [5.41, 5.74) is 8.18. The quantitative estimate of drug-likeness (QED) is 0.520. The Balaban J connectivity index is 2.01. The fourth-order valence-corrected chi connectivity index (χ4v) is 3.00. The fourth-order valence-electron chi connectivity index (χ4n) is 3.00. The lowest BCUT2D eigenvalue weighted by Crippen LogP contribution is -2.42. The van der Waals surface area contributed by atoms with Crippen molar-refractivity contribution >= 4 is 40.7 Å². The number of amides is 2. The molecule has 3 aromatic rings. The van der Waals surface area contributed by atoms with E-state index in [0.29, 0.717) is 27.9 Å². The minimum Gasteiger partial charge on any atom is -0.495 e. The average molecular weight is 406 g/mol. The number of primary amides is 1. The highest BCUT2D eigenvalue weighted by atomic mass is 16.5. The van der Waals surface area contributed by atoms with Crippen LogP contribution in [0.3, 0.4) is 0 Å². The molecule has 0 spiro atoms. The van der Waals surface area contributed by atoms with Crippen LogP contribution >= 0.6 is 0 Å². The molecular formula is C22H22N4O4. The molecule has 0 saturated heterocycles. The Hall–Kier alpha value is -3.94. The Morgan fingerprint density at radius 1 is 1.20 bits per heavy atom. The third kappa shape index (κ3) is 4.22. The molecule has 0 aliphatic carbocycles. The summed E-state index contributed by atoms with van der Waals surface area (Å²) in [6, 6.07) is 9.70. The molecule has 1 heterocycles. The maximum atomic E-state index is 12.6. The minimum absolute atomic E-state index is 0.0158.